The van der Waals surface area contributed by atoms with Gasteiger partial charge in [0.15, 0.2) is 5.78 Å². The number of halogens is 1. The van der Waals surface area contributed by atoms with Gasteiger partial charge in [-0.1, -0.05) is 36.0 Å². The number of carbonyl (C=O) groups is 1. The first-order chi connectivity index (χ1) is 9.45. The molecule has 0 aliphatic carbocycles. The summed E-state index contributed by atoms with van der Waals surface area (Å²) < 4.78 is 0. The van der Waals surface area contributed by atoms with Crippen LogP contribution in [0.1, 0.15) is 25.3 Å². The van der Waals surface area contributed by atoms with Crippen molar-refractivity contribution in [2.45, 2.75) is 19.8 Å². The Bertz CT molecular complexity index is 670. The van der Waals surface area contributed by atoms with Crippen LogP contribution in [0.3, 0.4) is 0 Å². The monoisotopic (exact) mass is 304 g/mol. The van der Waals surface area contributed by atoms with Gasteiger partial charge in [0.05, 0.1) is 11.5 Å². The molecule has 1 atom stereocenters. The molecule has 0 saturated carbocycles. The lowest BCUT2D eigenvalue weighted by atomic mass is 9.80. The van der Waals surface area contributed by atoms with Gasteiger partial charge in [-0.05, 0) is 37.4 Å². The average molecular weight is 305 g/mol. The van der Waals surface area contributed by atoms with Crippen molar-refractivity contribution in [3.05, 3.63) is 51.7 Å². The molecule has 0 fully saturated rings. The summed E-state index contributed by atoms with van der Waals surface area (Å²) in [4.78, 5) is 12.4. The Balaban J connectivity index is 2.67. The first-order valence-electron chi connectivity index (χ1n) is 6.03. The molecular formula is C15H13ClN2OS. The Morgan fingerprint density at radius 1 is 1.40 bits per heavy atom. The van der Waals surface area contributed by atoms with E-state index in [1.807, 2.05) is 19.1 Å². The second kappa shape index (κ2) is 5.71. The summed E-state index contributed by atoms with van der Waals surface area (Å²) in [5.41, 5.74) is 2.70. The van der Waals surface area contributed by atoms with E-state index in [0.29, 0.717) is 21.2 Å². The third-order valence-electron chi connectivity index (χ3n) is 3.24. The van der Waals surface area contributed by atoms with E-state index in [2.05, 4.69) is 11.2 Å². The molecule has 0 radical (unpaired) electrons. The minimum atomic E-state index is -0.365. The van der Waals surface area contributed by atoms with Gasteiger partial charge in [-0.25, -0.2) is 0 Å². The van der Waals surface area contributed by atoms with E-state index >= 15 is 0 Å². The third kappa shape index (κ3) is 2.59. The van der Waals surface area contributed by atoms with Crippen molar-refractivity contribution in [1.29, 1.82) is 5.41 Å². The maximum Gasteiger partial charge on any atom is 0.158 e. The van der Waals surface area contributed by atoms with E-state index in [1.54, 1.807) is 12.1 Å². The highest BCUT2D eigenvalue weighted by Gasteiger charge is 2.32. The average Bonchev–Trinajstić information content (AvgIpc) is 2.38. The highest BCUT2D eigenvalue weighted by atomic mass is 35.5. The molecule has 2 N–H and O–H groups in total. The molecule has 20 heavy (non-hydrogen) atoms. The fourth-order valence-corrected chi connectivity index (χ4v) is 2.83. The lowest BCUT2D eigenvalue weighted by molar-refractivity contribution is -0.113. The zero-order valence-corrected chi connectivity index (χ0v) is 12.7. The van der Waals surface area contributed by atoms with Crippen molar-refractivity contribution in [3.63, 3.8) is 0 Å². The van der Waals surface area contributed by atoms with Crippen LogP contribution in [0, 0.1) is 5.41 Å². The van der Waals surface area contributed by atoms with Gasteiger partial charge in [0.25, 0.3) is 0 Å². The molecule has 0 spiro atoms. The molecule has 1 aliphatic heterocycles. The Kier molecular flexibility index (Phi) is 4.19. The molecule has 0 amide bonds. The number of nitrogens with one attached hydrogen (secondary N) is 2. The summed E-state index contributed by atoms with van der Waals surface area (Å²) >= 11 is 11.1. The largest absolute Gasteiger partial charge is 0.349 e. The van der Waals surface area contributed by atoms with Crippen LogP contribution >= 0.6 is 23.8 Å². The fraction of sp³-hybridized carbons (Fsp3) is 0.200. The lowest BCUT2D eigenvalue weighted by Crippen LogP contribution is -2.34. The minimum Gasteiger partial charge on any atom is -0.349 e. The smallest absolute Gasteiger partial charge is 0.158 e. The van der Waals surface area contributed by atoms with Crippen molar-refractivity contribution in [2.75, 3.05) is 0 Å². The molecule has 102 valence electrons. The molecule has 1 heterocycles. The van der Waals surface area contributed by atoms with E-state index < -0.39 is 0 Å². The second-order valence-corrected chi connectivity index (χ2v) is 5.42. The quantitative estimate of drug-likeness (QED) is 0.500. The maximum atomic E-state index is 12.0. The molecule has 0 saturated heterocycles. The third-order valence-corrected chi connectivity index (χ3v) is 3.82. The maximum absolute atomic E-state index is 12.0. The van der Waals surface area contributed by atoms with Gasteiger partial charge in [-0.15, -0.1) is 0 Å². The van der Waals surface area contributed by atoms with Crippen molar-refractivity contribution in [1.82, 2.24) is 5.32 Å². The van der Waals surface area contributed by atoms with Crippen molar-refractivity contribution in [2.24, 2.45) is 0 Å². The van der Waals surface area contributed by atoms with Crippen LogP contribution in [-0.2, 0) is 4.79 Å². The molecule has 1 aromatic rings. The van der Waals surface area contributed by atoms with Crippen molar-refractivity contribution < 1.29 is 4.79 Å². The first-order valence-corrected chi connectivity index (χ1v) is 6.82. The Morgan fingerprint density at radius 2 is 2.00 bits per heavy atom. The second-order valence-electron chi connectivity index (χ2n) is 4.57. The first kappa shape index (κ1) is 14.7. The Morgan fingerprint density at radius 3 is 2.50 bits per heavy atom. The van der Waals surface area contributed by atoms with E-state index in [9.17, 15) is 4.79 Å². The van der Waals surface area contributed by atoms with Crippen LogP contribution in [-0.4, -0.2) is 16.6 Å². The van der Waals surface area contributed by atoms with Gasteiger partial charge in [0.1, 0.15) is 4.99 Å². The van der Waals surface area contributed by atoms with E-state index in [-0.39, 0.29) is 11.7 Å². The summed E-state index contributed by atoms with van der Waals surface area (Å²) in [6.45, 7) is 3.33. The van der Waals surface area contributed by atoms with Gasteiger partial charge in [0, 0.05) is 16.3 Å². The van der Waals surface area contributed by atoms with Crippen LogP contribution in [0.25, 0.3) is 0 Å². The van der Waals surface area contributed by atoms with Crippen LogP contribution in [0.5, 0.6) is 0 Å². The molecule has 1 unspecified atom stereocenters. The molecule has 1 aromatic carbocycles. The number of thiocarbonyl (C=S) groups is 1. The SMILES string of the molecule is CC(=O)C1=C(C)NC(=S)C(=C=N)C1c1ccc(Cl)cc1. The molecule has 1 aliphatic rings. The van der Waals surface area contributed by atoms with Gasteiger partial charge in [0.2, 0.25) is 0 Å². The van der Waals surface area contributed by atoms with Gasteiger partial charge >= 0.3 is 0 Å². The summed E-state index contributed by atoms with van der Waals surface area (Å²) in [6, 6.07) is 7.20. The topological polar surface area (TPSA) is 53.0 Å². The molecular weight excluding hydrogens is 292 g/mol. The molecule has 5 heteroatoms. The van der Waals surface area contributed by atoms with E-state index in [0.717, 1.165) is 11.3 Å². The van der Waals surface area contributed by atoms with Crippen LogP contribution in [0.15, 0.2) is 41.1 Å². The molecule has 0 aromatic heterocycles. The van der Waals surface area contributed by atoms with E-state index in [1.165, 1.54) is 6.92 Å². The number of ketones is 1. The summed E-state index contributed by atoms with van der Waals surface area (Å²) in [6.07, 6.45) is 0. The number of Topliss-reactive ketones (excluding diaryl/α,β-unsaturated/α-hetero) is 1. The predicted octanol–water partition coefficient (Wildman–Crippen LogP) is 3.39. The Labute approximate surface area is 127 Å². The van der Waals surface area contributed by atoms with Gasteiger partial charge in [-0.3, -0.25) is 10.2 Å². The molecule has 2 rings (SSSR count). The Hall–Kier alpha value is -1.74. The zero-order valence-electron chi connectivity index (χ0n) is 11.1. The highest BCUT2D eigenvalue weighted by molar-refractivity contribution is 7.80. The summed E-state index contributed by atoms with van der Waals surface area (Å²) in [7, 11) is 0. The van der Waals surface area contributed by atoms with Gasteiger partial charge < -0.3 is 5.32 Å². The lowest BCUT2D eigenvalue weighted by Gasteiger charge is -2.29. The van der Waals surface area contributed by atoms with Crippen LogP contribution in [0.4, 0.5) is 0 Å². The van der Waals surface area contributed by atoms with Crippen LogP contribution < -0.4 is 5.32 Å². The van der Waals surface area contributed by atoms with E-state index in [4.69, 9.17) is 29.2 Å². The highest BCUT2D eigenvalue weighted by Crippen LogP contribution is 2.36. The minimum absolute atomic E-state index is 0.0507. The van der Waals surface area contributed by atoms with Gasteiger partial charge in [-0.2, -0.15) is 0 Å². The molecule has 3 nitrogen and oxygen atoms in total. The number of carbonyl (C=O) groups excluding carboxylic acids is 1. The van der Waals surface area contributed by atoms with Crippen molar-refractivity contribution >= 4 is 40.5 Å². The number of rotatable bonds is 2. The number of hydrogen-bond donors (Lipinski definition) is 2. The number of hydrogen-bond acceptors (Lipinski definition) is 3. The summed E-state index contributed by atoms with van der Waals surface area (Å²) in [5.74, 6) is 1.95. The molecule has 0 bridgehead atoms. The standard InChI is InChI=1S/C15H13ClN2OS/c1-8-13(9(2)19)14(12(7-17)15(20)18-8)10-3-5-11(16)6-4-10/h3-6,14,17H,1-2H3,(H,18,20). The normalized spacial score (nSPS) is 18.6. The predicted molar refractivity (Wildman–Crippen MR) is 84.5 cm³/mol. The van der Waals surface area contributed by atoms with Crippen molar-refractivity contribution in [3.8, 4) is 0 Å². The van der Waals surface area contributed by atoms with Crippen LogP contribution in [0.2, 0.25) is 5.02 Å². The number of benzene rings is 1. The fourth-order valence-electron chi connectivity index (χ4n) is 2.38. The zero-order chi connectivity index (χ0) is 14.9. The summed E-state index contributed by atoms with van der Waals surface area (Å²) in [5, 5.41) is 11.1. The number of allylic oxidation sites excluding steroid dienone is 2.